The molecule has 206 valence electrons. The van der Waals surface area contributed by atoms with E-state index < -0.39 is 0 Å². The molecule has 1 fully saturated rings. The van der Waals surface area contributed by atoms with Crippen LogP contribution in [0.15, 0.2) is 84.9 Å². The van der Waals surface area contributed by atoms with Gasteiger partial charge in [0.05, 0.1) is 12.2 Å². The Kier molecular flexibility index (Phi) is 7.66. The fourth-order valence-electron chi connectivity index (χ4n) is 4.98. The molecule has 2 N–H and O–H groups in total. The molecule has 0 unspecified atom stereocenters. The lowest BCUT2D eigenvalue weighted by atomic mass is 10.0. The topological polar surface area (TPSA) is 103 Å². The van der Waals surface area contributed by atoms with Gasteiger partial charge in [0.2, 0.25) is 5.91 Å². The van der Waals surface area contributed by atoms with Gasteiger partial charge in [0.1, 0.15) is 10.6 Å². The number of para-hydroxylation sites is 1. The van der Waals surface area contributed by atoms with Crippen LogP contribution in [0.5, 0.6) is 0 Å². The molecule has 0 radical (unpaired) electrons. The van der Waals surface area contributed by atoms with Crippen molar-refractivity contribution in [3.63, 3.8) is 0 Å². The number of aryl methyl sites for hydroxylation is 1. The van der Waals surface area contributed by atoms with Crippen molar-refractivity contribution in [2.45, 2.75) is 6.92 Å². The van der Waals surface area contributed by atoms with Gasteiger partial charge in [0, 0.05) is 48.2 Å². The molecule has 0 spiro atoms. The van der Waals surface area contributed by atoms with Gasteiger partial charge in [-0.2, -0.15) is 0 Å². The van der Waals surface area contributed by atoms with Crippen LogP contribution in [-0.2, 0) is 4.79 Å². The largest absolute Gasteiger partial charge is 0.352 e. The number of anilines is 3. The minimum atomic E-state index is -0.241. The van der Waals surface area contributed by atoms with Gasteiger partial charge in [-0.1, -0.05) is 84.1 Å². The van der Waals surface area contributed by atoms with Crippen LogP contribution in [0.1, 0.15) is 15.4 Å². The van der Waals surface area contributed by atoms with Crippen LogP contribution in [0.25, 0.3) is 22.0 Å². The van der Waals surface area contributed by atoms with E-state index in [-0.39, 0.29) is 18.4 Å². The number of nitrogens with one attached hydrogen (secondary N) is 2. The Morgan fingerprint density at radius 2 is 1.46 bits per heavy atom. The minimum Gasteiger partial charge on any atom is -0.352 e. The van der Waals surface area contributed by atoms with E-state index in [4.69, 9.17) is 0 Å². The average Bonchev–Trinajstić information content (AvgIpc) is 3.37. The molecule has 6 rings (SSSR count). The van der Waals surface area contributed by atoms with Crippen molar-refractivity contribution in [3.05, 3.63) is 95.5 Å². The minimum absolute atomic E-state index is 0.153. The zero-order valence-electron chi connectivity index (χ0n) is 22.6. The van der Waals surface area contributed by atoms with E-state index >= 15 is 0 Å². The number of hydrogen-bond donors (Lipinski definition) is 2. The lowest BCUT2D eigenvalue weighted by Gasteiger charge is -2.35. The molecule has 1 aliphatic rings. The van der Waals surface area contributed by atoms with E-state index in [1.165, 1.54) is 11.3 Å². The summed E-state index contributed by atoms with van der Waals surface area (Å²) in [6, 6.07) is 27.6. The summed E-state index contributed by atoms with van der Waals surface area (Å²) in [7, 11) is 0. The SMILES string of the molecule is Cc1nc(NC(=O)CN2CCN(c3nnc(-c4ccccc4)c4ccccc34)CC2)sc1C(=O)Nc1ccccc1. The number of carbonyl (C=O) groups excluding carboxylic acids is 2. The first kappa shape index (κ1) is 26.5. The van der Waals surface area contributed by atoms with Crippen LogP contribution in [0.2, 0.25) is 0 Å². The van der Waals surface area contributed by atoms with Crippen LogP contribution in [0.3, 0.4) is 0 Å². The molecule has 3 aromatic carbocycles. The number of hydrogen-bond acceptors (Lipinski definition) is 8. The standard InChI is InChI=1S/C31H29N7O2S/c1-21-28(30(40)33-23-12-6-3-7-13-23)41-31(32-21)34-26(39)20-37-16-18-38(19-17-37)29-25-15-9-8-14-24(25)27(35-36-29)22-10-4-2-5-11-22/h2-15H,16-20H2,1H3,(H,33,40)(H,32,34,39). The number of rotatable bonds is 7. The first-order valence-electron chi connectivity index (χ1n) is 13.5. The number of thiazole rings is 1. The zero-order chi connectivity index (χ0) is 28.2. The van der Waals surface area contributed by atoms with Crippen molar-refractivity contribution in [2.75, 3.05) is 48.3 Å². The highest BCUT2D eigenvalue weighted by atomic mass is 32.1. The predicted octanol–water partition coefficient (Wildman–Crippen LogP) is 5.07. The molecule has 0 saturated carbocycles. The van der Waals surface area contributed by atoms with E-state index in [0.717, 1.165) is 40.9 Å². The van der Waals surface area contributed by atoms with Gasteiger partial charge in [-0.15, -0.1) is 10.2 Å². The molecule has 0 atom stereocenters. The van der Waals surface area contributed by atoms with Crippen LogP contribution >= 0.6 is 11.3 Å². The third-order valence-electron chi connectivity index (χ3n) is 7.03. The molecule has 5 aromatic rings. The smallest absolute Gasteiger partial charge is 0.267 e. The van der Waals surface area contributed by atoms with Gasteiger partial charge in [0.25, 0.3) is 5.91 Å². The van der Waals surface area contributed by atoms with Crippen molar-refractivity contribution in [1.82, 2.24) is 20.1 Å². The van der Waals surface area contributed by atoms with Crippen molar-refractivity contribution >= 4 is 50.6 Å². The number of amides is 2. The Balaban J connectivity index is 1.07. The maximum Gasteiger partial charge on any atom is 0.267 e. The van der Waals surface area contributed by atoms with Gasteiger partial charge < -0.3 is 15.5 Å². The lowest BCUT2D eigenvalue weighted by Crippen LogP contribution is -2.49. The fourth-order valence-corrected chi connectivity index (χ4v) is 5.86. The number of benzene rings is 3. The quantitative estimate of drug-likeness (QED) is 0.285. The maximum absolute atomic E-state index is 12.8. The Bertz CT molecular complexity index is 1680. The molecule has 2 amide bonds. The Hall–Kier alpha value is -4.67. The Morgan fingerprint density at radius 1 is 0.805 bits per heavy atom. The molecule has 2 aromatic heterocycles. The van der Waals surface area contributed by atoms with Crippen LogP contribution in [0.4, 0.5) is 16.6 Å². The zero-order valence-corrected chi connectivity index (χ0v) is 23.4. The molecule has 10 heteroatoms. The summed E-state index contributed by atoms with van der Waals surface area (Å²) >= 11 is 1.18. The second-order valence-corrected chi connectivity index (χ2v) is 10.8. The number of fused-ring (bicyclic) bond motifs is 1. The lowest BCUT2D eigenvalue weighted by molar-refractivity contribution is -0.117. The molecular weight excluding hydrogens is 534 g/mol. The second kappa shape index (κ2) is 11.8. The van der Waals surface area contributed by atoms with E-state index in [2.05, 4.69) is 47.7 Å². The van der Waals surface area contributed by atoms with Crippen LogP contribution in [-0.4, -0.2) is 64.6 Å². The Labute approximate surface area is 241 Å². The molecule has 9 nitrogen and oxygen atoms in total. The monoisotopic (exact) mass is 563 g/mol. The molecule has 3 heterocycles. The van der Waals surface area contributed by atoms with Crippen LogP contribution < -0.4 is 15.5 Å². The van der Waals surface area contributed by atoms with Crippen molar-refractivity contribution in [2.24, 2.45) is 0 Å². The fraction of sp³-hybridized carbons (Fsp3) is 0.194. The van der Waals surface area contributed by atoms with Crippen molar-refractivity contribution in [1.29, 1.82) is 0 Å². The Morgan fingerprint density at radius 3 is 2.20 bits per heavy atom. The van der Waals surface area contributed by atoms with Gasteiger partial charge in [-0.25, -0.2) is 4.98 Å². The third kappa shape index (κ3) is 5.93. The van der Waals surface area contributed by atoms with Gasteiger partial charge in [-0.05, 0) is 19.1 Å². The molecule has 0 aliphatic carbocycles. The normalized spacial score (nSPS) is 13.7. The van der Waals surface area contributed by atoms with E-state index in [9.17, 15) is 9.59 Å². The molecule has 1 aliphatic heterocycles. The summed E-state index contributed by atoms with van der Waals surface area (Å²) in [4.78, 5) is 34.8. The van der Waals surface area contributed by atoms with Gasteiger partial charge in [0.15, 0.2) is 10.9 Å². The highest BCUT2D eigenvalue weighted by Crippen LogP contribution is 2.31. The van der Waals surface area contributed by atoms with Gasteiger partial charge in [-0.3, -0.25) is 14.5 Å². The third-order valence-corrected chi connectivity index (χ3v) is 8.11. The van der Waals surface area contributed by atoms with Crippen LogP contribution in [0, 0.1) is 6.92 Å². The van der Waals surface area contributed by atoms with E-state index in [0.29, 0.717) is 34.5 Å². The summed E-state index contributed by atoms with van der Waals surface area (Å²) < 4.78 is 0. The van der Waals surface area contributed by atoms with Crippen molar-refractivity contribution < 1.29 is 9.59 Å². The predicted molar refractivity (Wildman–Crippen MR) is 164 cm³/mol. The number of piperazine rings is 1. The summed E-state index contributed by atoms with van der Waals surface area (Å²) in [6.45, 7) is 4.91. The number of nitrogens with zero attached hydrogens (tertiary/aromatic N) is 5. The maximum atomic E-state index is 12.8. The highest BCUT2D eigenvalue weighted by molar-refractivity contribution is 7.17. The first-order chi connectivity index (χ1) is 20.0. The summed E-state index contributed by atoms with van der Waals surface area (Å²) in [5.41, 5.74) is 3.21. The average molecular weight is 564 g/mol. The summed E-state index contributed by atoms with van der Waals surface area (Å²) in [6.07, 6.45) is 0. The van der Waals surface area contributed by atoms with Crippen molar-refractivity contribution in [3.8, 4) is 11.3 Å². The summed E-state index contributed by atoms with van der Waals surface area (Å²) in [5, 5.41) is 17.5. The summed E-state index contributed by atoms with van der Waals surface area (Å²) in [5.74, 6) is 0.471. The molecule has 41 heavy (non-hydrogen) atoms. The van der Waals surface area contributed by atoms with E-state index in [1.807, 2.05) is 72.8 Å². The molecule has 1 saturated heterocycles. The van der Waals surface area contributed by atoms with E-state index in [1.54, 1.807) is 6.92 Å². The van der Waals surface area contributed by atoms with Gasteiger partial charge >= 0.3 is 0 Å². The molecule has 0 bridgehead atoms. The number of carbonyl (C=O) groups is 2. The highest BCUT2D eigenvalue weighted by Gasteiger charge is 2.23. The second-order valence-electron chi connectivity index (χ2n) is 9.85. The number of aromatic nitrogens is 3. The molecular formula is C31H29N7O2S. The first-order valence-corrected chi connectivity index (χ1v) is 14.3.